The number of nitrogens with zero attached hydrogens (tertiary/aromatic N) is 2. The summed E-state index contributed by atoms with van der Waals surface area (Å²) < 4.78 is 1.83. The Labute approximate surface area is 135 Å². The van der Waals surface area contributed by atoms with Crippen LogP contribution in [-0.2, 0) is 0 Å². The van der Waals surface area contributed by atoms with Crippen LogP contribution in [0.5, 0.6) is 0 Å². The molecule has 0 fully saturated rings. The van der Waals surface area contributed by atoms with Gasteiger partial charge in [0.05, 0.1) is 0 Å². The molecule has 106 valence electrons. The Bertz CT molecular complexity index is 661. The number of benzene rings is 2. The van der Waals surface area contributed by atoms with E-state index in [9.17, 15) is 0 Å². The van der Waals surface area contributed by atoms with Crippen molar-refractivity contribution in [1.29, 1.82) is 0 Å². The van der Waals surface area contributed by atoms with Gasteiger partial charge in [-0.15, -0.1) is 10.2 Å². The molecule has 4 N–H and O–H groups in total. The van der Waals surface area contributed by atoms with Gasteiger partial charge in [-0.3, -0.25) is 0 Å². The first kappa shape index (κ1) is 14.2. The molecule has 0 saturated carbocycles. The van der Waals surface area contributed by atoms with E-state index in [-0.39, 0.29) is 0 Å². The second-order valence-corrected chi connectivity index (χ2v) is 7.79. The van der Waals surface area contributed by atoms with Gasteiger partial charge in [0.1, 0.15) is 0 Å². The highest BCUT2D eigenvalue weighted by Crippen LogP contribution is 2.36. The lowest BCUT2D eigenvalue weighted by Gasteiger charge is -1.98. The van der Waals surface area contributed by atoms with Gasteiger partial charge < -0.3 is 11.5 Å². The van der Waals surface area contributed by atoms with Gasteiger partial charge in [0.2, 0.25) is 0 Å². The predicted octanol–water partition coefficient (Wildman–Crippen LogP) is 4.00. The minimum absolute atomic E-state index is 0.760. The molecule has 0 spiro atoms. The molecule has 0 amide bonds. The summed E-state index contributed by atoms with van der Waals surface area (Å²) in [6.07, 6.45) is 0. The largest absolute Gasteiger partial charge is 0.399 e. The Balaban J connectivity index is 1.68. The van der Waals surface area contributed by atoms with E-state index in [4.69, 9.17) is 11.5 Å². The molecule has 7 heteroatoms. The summed E-state index contributed by atoms with van der Waals surface area (Å²) in [6.45, 7) is 0. The van der Waals surface area contributed by atoms with E-state index in [1.165, 1.54) is 0 Å². The van der Waals surface area contributed by atoms with E-state index in [0.29, 0.717) is 0 Å². The first-order valence-electron chi connectivity index (χ1n) is 6.09. The van der Waals surface area contributed by atoms with Crippen molar-refractivity contribution in [2.75, 3.05) is 11.5 Å². The molecular weight excluding hydrogens is 320 g/mol. The summed E-state index contributed by atoms with van der Waals surface area (Å²) >= 11 is 4.74. The van der Waals surface area contributed by atoms with E-state index < -0.39 is 0 Å². The summed E-state index contributed by atoms with van der Waals surface area (Å²) in [5.74, 6) is 0. The number of anilines is 2. The standard InChI is InChI=1S/C14H12N4S3/c15-9-1-5-11(6-2-9)19-13-17-18-14(21-13)20-12-7-3-10(16)4-8-12/h1-8H,15-16H2. The fourth-order valence-electron chi connectivity index (χ4n) is 1.55. The van der Waals surface area contributed by atoms with Crippen molar-refractivity contribution in [1.82, 2.24) is 10.2 Å². The number of hydrogen-bond donors (Lipinski definition) is 2. The van der Waals surface area contributed by atoms with Crippen LogP contribution >= 0.6 is 34.9 Å². The number of rotatable bonds is 4. The van der Waals surface area contributed by atoms with Gasteiger partial charge >= 0.3 is 0 Å². The van der Waals surface area contributed by atoms with Crippen LogP contribution in [0.25, 0.3) is 0 Å². The zero-order chi connectivity index (χ0) is 14.7. The second kappa shape index (κ2) is 6.38. The van der Waals surface area contributed by atoms with Gasteiger partial charge in [-0.05, 0) is 48.5 Å². The molecule has 0 unspecified atom stereocenters. The lowest BCUT2D eigenvalue weighted by atomic mass is 10.3. The molecule has 0 atom stereocenters. The van der Waals surface area contributed by atoms with E-state index in [0.717, 1.165) is 29.8 Å². The topological polar surface area (TPSA) is 77.8 Å². The van der Waals surface area contributed by atoms with Crippen molar-refractivity contribution in [3.05, 3.63) is 48.5 Å². The molecule has 0 saturated heterocycles. The van der Waals surface area contributed by atoms with Crippen molar-refractivity contribution in [2.24, 2.45) is 0 Å². The molecule has 0 aliphatic carbocycles. The smallest absolute Gasteiger partial charge is 0.179 e. The van der Waals surface area contributed by atoms with Gasteiger partial charge in [-0.1, -0.05) is 34.9 Å². The third-order valence-electron chi connectivity index (χ3n) is 2.56. The Morgan fingerprint density at radius 1 is 0.667 bits per heavy atom. The van der Waals surface area contributed by atoms with Gasteiger partial charge in [-0.2, -0.15) is 0 Å². The number of hydrogen-bond acceptors (Lipinski definition) is 7. The van der Waals surface area contributed by atoms with Crippen LogP contribution in [0.1, 0.15) is 0 Å². The maximum Gasteiger partial charge on any atom is 0.179 e. The third-order valence-corrected chi connectivity index (χ3v) is 5.60. The highest BCUT2D eigenvalue weighted by Gasteiger charge is 2.07. The van der Waals surface area contributed by atoms with Crippen molar-refractivity contribution >= 4 is 46.2 Å². The van der Waals surface area contributed by atoms with E-state index in [2.05, 4.69) is 10.2 Å². The summed E-state index contributed by atoms with van der Waals surface area (Å²) in [4.78, 5) is 2.20. The summed E-state index contributed by atoms with van der Waals surface area (Å²) in [5.41, 5.74) is 12.9. The number of nitrogen functional groups attached to an aromatic ring is 2. The Morgan fingerprint density at radius 2 is 1.05 bits per heavy atom. The Hall–Kier alpha value is -1.70. The molecule has 2 aromatic carbocycles. The number of nitrogens with two attached hydrogens (primary N) is 2. The molecular formula is C14H12N4S3. The molecule has 0 aliphatic rings. The maximum atomic E-state index is 5.67. The molecule has 1 aromatic heterocycles. The van der Waals surface area contributed by atoms with Gasteiger partial charge in [0, 0.05) is 21.2 Å². The van der Waals surface area contributed by atoms with Crippen LogP contribution in [0.2, 0.25) is 0 Å². The molecule has 0 radical (unpaired) electrons. The first-order chi connectivity index (χ1) is 10.2. The lowest BCUT2D eigenvalue weighted by molar-refractivity contribution is 0.954. The zero-order valence-corrected chi connectivity index (χ0v) is 13.3. The Morgan fingerprint density at radius 3 is 1.43 bits per heavy atom. The van der Waals surface area contributed by atoms with Gasteiger partial charge in [0.25, 0.3) is 0 Å². The predicted molar refractivity (Wildman–Crippen MR) is 89.9 cm³/mol. The Kier molecular flexibility index (Phi) is 4.33. The minimum atomic E-state index is 0.760. The normalized spacial score (nSPS) is 10.7. The average Bonchev–Trinajstić information content (AvgIpc) is 2.91. The number of aromatic nitrogens is 2. The monoisotopic (exact) mass is 332 g/mol. The average molecular weight is 332 g/mol. The lowest BCUT2D eigenvalue weighted by Crippen LogP contribution is -1.82. The summed E-state index contributed by atoms with van der Waals surface area (Å²) in [7, 11) is 0. The zero-order valence-electron chi connectivity index (χ0n) is 10.9. The van der Waals surface area contributed by atoms with Crippen LogP contribution < -0.4 is 11.5 Å². The van der Waals surface area contributed by atoms with Gasteiger partial charge in [-0.25, -0.2) is 0 Å². The molecule has 0 bridgehead atoms. The minimum Gasteiger partial charge on any atom is -0.399 e. The molecule has 21 heavy (non-hydrogen) atoms. The highest BCUT2D eigenvalue weighted by molar-refractivity contribution is 8.03. The van der Waals surface area contributed by atoms with Crippen LogP contribution in [0.3, 0.4) is 0 Å². The van der Waals surface area contributed by atoms with Gasteiger partial charge in [0.15, 0.2) is 8.68 Å². The molecule has 0 aliphatic heterocycles. The molecule has 3 aromatic rings. The quantitative estimate of drug-likeness (QED) is 0.703. The van der Waals surface area contributed by atoms with Crippen LogP contribution in [0, 0.1) is 0 Å². The molecule has 3 rings (SSSR count). The summed E-state index contributed by atoms with van der Waals surface area (Å²) in [6, 6.07) is 15.5. The van der Waals surface area contributed by atoms with Crippen molar-refractivity contribution in [3.8, 4) is 0 Å². The SMILES string of the molecule is Nc1ccc(Sc2nnc(Sc3ccc(N)cc3)s2)cc1. The van der Waals surface area contributed by atoms with Crippen molar-refractivity contribution in [2.45, 2.75) is 18.5 Å². The van der Waals surface area contributed by atoms with Crippen LogP contribution in [0.15, 0.2) is 67.0 Å². The third kappa shape index (κ3) is 3.90. The molecule has 4 nitrogen and oxygen atoms in total. The highest BCUT2D eigenvalue weighted by atomic mass is 32.2. The maximum absolute atomic E-state index is 5.67. The summed E-state index contributed by atoms with van der Waals surface area (Å²) in [5, 5.41) is 8.40. The van der Waals surface area contributed by atoms with E-state index >= 15 is 0 Å². The van der Waals surface area contributed by atoms with E-state index in [1.54, 1.807) is 34.9 Å². The van der Waals surface area contributed by atoms with Crippen LogP contribution in [-0.4, -0.2) is 10.2 Å². The van der Waals surface area contributed by atoms with Crippen LogP contribution in [0.4, 0.5) is 11.4 Å². The fraction of sp³-hybridized carbons (Fsp3) is 0. The molecule has 1 heterocycles. The van der Waals surface area contributed by atoms with Crippen molar-refractivity contribution in [3.63, 3.8) is 0 Å². The van der Waals surface area contributed by atoms with E-state index in [1.807, 2.05) is 48.5 Å². The second-order valence-electron chi connectivity index (χ2n) is 4.18. The van der Waals surface area contributed by atoms with Crippen molar-refractivity contribution < 1.29 is 0 Å². The fourth-order valence-corrected chi connectivity index (χ4v) is 4.52. The first-order valence-corrected chi connectivity index (χ1v) is 8.54.